The molecule has 0 fully saturated rings. The number of halogens is 2. The number of hydrogen-bond acceptors (Lipinski definition) is 5. The molecule has 3 aromatic rings. The first-order chi connectivity index (χ1) is 13.0. The summed E-state index contributed by atoms with van der Waals surface area (Å²) in [7, 11) is 0. The number of nitrogens with two attached hydrogens (primary N) is 1. The Balaban J connectivity index is 2.20. The van der Waals surface area contributed by atoms with E-state index >= 15 is 0 Å². The summed E-state index contributed by atoms with van der Waals surface area (Å²) >= 11 is 5.86. The van der Waals surface area contributed by atoms with Crippen LogP contribution in [-0.4, -0.2) is 22.1 Å². The van der Waals surface area contributed by atoms with Crippen LogP contribution >= 0.6 is 11.6 Å². The quantitative estimate of drug-likeness (QED) is 0.554. The van der Waals surface area contributed by atoms with Gasteiger partial charge in [-0.05, 0) is 35.9 Å². The van der Waals surface area contributed by atoms with Crippen LogP contribution < -0.4 is 5.73 Å². The molecule has 0 saturated heterocycles. The Morgan fingerprint density at radius 3 is 2.78 bits per heavy atom. The largest absolute Gasteiger partial charge is 0.398 e. The third-order valence-corrected chi connectivity index (χ3v) is 4.12. The summed E-state index contributed by atoms with van der Waals surface area (Å²) in [5, 5.41) is 17.9. The lowest BCUT2D eigenvalue weighted by Gasteiger charge is -2.10. The van der Waals surface area contributed by atoms with Crippen molar-refractivity contribution in [2.45, 2.75) is 0 Å². The van der Waals surface area contributed by atoms with Gasteiger partial charge in [-0.3, -0.25) is 9.39 Å². The fourth-order valence-electron chi connectivity index (χ4n) is 2.52. The van der Waals surface area contributed by atoms with Crippen LogP contribution in [0.5, 0.6) is 0 Å². The van der Waals surface area contributed by atoms with Gasteiger partial charge >= 0.3 is 0 Å². The summed E-state index contributed by atoms with van der Waals surface area (Å²) in [6.07, 6.45) is 4.64. The molecular formula is C19H12ClFN6. The van der Waals surface area contributed by atoms with Gasteiger partial charge in [-0.2, -0.15) is 10.5 Å². The first-order valence-corrected chi connectivity index (χ1v) is 8.12. The Labute approximate surface area is 159 Å². The lowest BCUT2D eigenvalue weighted by atomic mass is 10.0. The summed E-state index contributed by atoms with van der Waals surface area (Å²) in [6, 6.07) is 11.6. The minimum absolute atomic E-state index is 0.0439. The number of allylic oxidation sites excluding steroid dienone is 1. The second-order valence-corrected chi connectivity index (χ2v) is 5.89. The summed E-state index contributed by atoms with van der Waals surface area (Å²) in [5.41, 5.74) is 9.23. The van der Waals surface area contributed by atoms with Crippen LogP contribution in [0.15, 0.2) is 47.7 Å². The number of nitrogens with zero attached hydrogens (tertiary/aromatic N) is 5. The van der Waals surface area contributed by atoms with Crippen molar-refractivity contribution in [3.05, 3.63) is 70.4 Å². The zero-order valence-electron chi connectivity index (χ0n) is 13.9. The van der Waals surface area contributed by atoms with Crippen molar-refractivity contribution in [2.24, 2.45) is 10.7 Å². The molecule has 0 radical (unpaired) electrons. The highest BCUT2D eigenvalue weighted by Gasteiger charge is 2.12. The second kappa shape index (κ2) is 7.69. The Morgan fingerprint density at radius 1 is 1.30 bits per heavy atom. The molecule has 3 rings (SSSR count). The molecule has 2 N–H and O–H groups in total. The van der Waals surface area contributed by atoms with Crippen LogP contribution in [0.2, 0.25) is 5.02 Å². The summed E-state index contributed by atoms with van der Waals surface area (Å²) < 4.78 is 15.1. The van der Waals surface area contributed by atoms with Crippen molar-refractivity contribution >= 4 is 34.7 Å². The molecule has 0 amide bonds. The van der Waals surface area contributed by atoms with Crippen molar-refractivity contribution in [2.75, 3.05) is 6.54 Å². The number of aliphatic imine (C=N–C) groups is 1. The van der Waals surface area contributed by atoms with Crippen molar-refractivity contribution in [3.8, 4) is 12.1 Å². The summed E-state index contributed by atoms with van der Waals surface area (Å²) in [6.45, 7) is -0.0439. The Kier molecular flexibility index (Phi) is 5.16. The third-order valence-electron chi connectivity index (χ3n) is 3.83. The number of pyridine rings is 1. The molecule has 132 valence electrons. The van der Waals surface area contributed by atoms with E-state index in [1.165, 1.54) is 30.6 Å². The van der Waals surface area contributed by atoms with Gasteiger partial charge in [0, 0.05) is 29.2 Å². The predicted molar refractivity (Wildman–Crippen MR) is 101 cm³/mol. The monoisotopic (exact) mass is 378 g/mol. The van der Waals surface area contributed by atoms with Crippen LogP contribution in [0, 0.1) is 28.5 Å². The molecule has 1 aromatic carbocycles. The molecule has 0 aliphatic rings. The molecule has 8 heteroatoms. The maximum Gasteiger partial charge on any atom is 0.144 e. The first kappa shape index (κ1) is 18.1. The molecule has 0 bridgehead atoms. The van der Waals surface area contributed by atoms with Gasteiger partial charge in [-0.25, -0.2) is 9.37 Å². The van der Waals surface area contributed by atoms with E-state index in [2.05, 4.69) is 16.0 Å². The first-order valence-electron chi connectivity index (χ1n) is 7.74. The average Bonchev–Trinajstić information content (AvgIpc) is 3.09. The van der Waals surface area contributed by atoms with E-state index in [4.69, 9.17) is 22.6 Å². The summed E-state index contributed by atoms with van der Waals surface area (Å²) in [5.74, 6) is -0.550. The van der Waals surface area contributed by atoms with Gasteiger partial charge < -0.3 is 5.73 Å². The third kappa shape index (κ3) is 3.64. The van der Waals surface area contributed by atoms with Crippen LogP contribution in [0.4, 0.5) is 4.39 Å². The standard InChI is InChI=1S/C19H12ClFN6/c20-16-7-12(1-3-17(16)21)19(24)15(10-25-6-5-22)13-2-4-18-26-9-14(8-23)27(18)11-13/h1-4,7,9-11H,6,24H2. The highest BCUT2D eigenvalue weighted by atomic mass is 35.5. The maximum absolute atomic E-state index is 13.5. The van der Waals surface area contributed by atoms with Crippen LogP contribution in [0.1, 0.15) is 16.8 Å². The molecule has 0 atom stereocenters. The normalized spacial score (nSPS) is 12.0. The van der Waals surface area contributed by atoms with Gasteiger partial charge in [0.05, 0.1) is 17.3 Å². The van der Waals surface area contributed by atoms with Crippen LogP contribution in [0.25, 0.3) is 16.9 Å². The van der Waals surface area contributed by atoms with E-state index in [0.29, 0.717) is 33.7 Å². The van der Waals surface area contributed by atoms with E-state index in [1.54, 1.807) is 22.7 Å². The van der Waals surface area contributed by atoms with E-state index in [1.807, 2.05) is 6.07 Å². The smallest absolute Gasteiger partial charge is 0.144 e. The Hall–Kier alpha value is -3.68. The highest BCUT2D eigenvalue weighted by molar-refractivity contribution is 6.31. The molecular weight excluding hydrogens is 367 g/mol. The fourth-order valence-corrected chi connectivity index (χ4v) is 2.70. The number of imidazole rings is 1. The van der Waals surface area contributed by atoms with Gasteiger partial charge in [-0.15, -0.1) is 0 Å². The Morgan fingerprint density at radius 2 is 2.07 bits per heavy atom. The molecule has 2 aromatic heterocycles. The van der Waals surface area contributed by atoms with Crippen LogP contribution in [-0.2, 0) is 0 Å². The van der Waals surface area contributed by atoms with Gasteiger partial charge in [-0.1, -0.05) is 11.6 Å². The molecule has 2 heterocycles. The molecule has 0 aliphatic carbocycles. The lowest BCUT2D eigenvalue weighted by molar-refractivity contribution is 0.628. The summed E-state index contributed by atoms with van der Waals surface area (Å²) in [4.78, 5) is 8.19. The number of benzene rings is 1. The van der Waals surface area contributed by atoms with Crippen molar-refractivity contribution in [3.63, 3.8) is 0 Å². The van der Waals surface area contributed by atoms with Crippen LogP contribution in [0.3, 0.4) is 0 Å². The van der Waals surface area contributed by atoms with Gasteiger partial charge in [0.1, 0.15) is 29.8 Å². The number of aromatic nitrogens is 2. The minimum Gasteiger partial charge on any atom is -0.398 e. The maximum atomic E-state index is 13.5. The topological polar surface area (TPSA) is 103 Å². The lowest BCUT2D eigenvalue weighted by Crippen LogP contribution is -2.04. The van der Waals surface area contributed by atoms with E-state index in [0.717, 1.165) is 0 Å². The Bertz CT molecular complexity index is 1160. The van der Waals surface area contributed by atoms with Crippen molar-refractivity contribution in [1.82, 2.24) is 9.38 Å². The van der Waals surface area contributed by atoms with Gasteiger partial charge in [0.2, 0.25) is 0 Å². The van der Waals surface area contributed by atoms with E-state index < -0.39 is 5.82 Å². The van der Waals surface area contributed by atoms with E-state index in [9.17, 15) is 9.65 Å². The molecule has 27 heavy (non-hydrogen) atoms. The molecule has 0 unspecified atom stereocenters. The molecule has 0 spiro atoms. The number of rotatable bonds is 4. The number of fused-ring (bicyclic) bond motifs is 1. The SMILES string of the molecule is N#CCN=CC(=C(N)c1ccc(F)c(Cl)c1)c1ccc2ncc(C#N)n2c1. The molecule has 0 saturated carbocycles. The number of nitriles is 2. The second-order valence-electron chi connectivity index (χ2n) is 5.49. The zero-order valence-corrected chi connectivity index (χ0v) is 14.7. The van der Waals surface area contributed by atoms with Crippen molar-refractivity contribution < 1.29 is 4.39 Å². The zero-order chi connectivity index (χ0) is 19.4. The average molecular weight is 379 g/mol. The predicted octanol–water partition coefficient (Wildman–Crippen LogP) is 3.42. The number of hydrogen-bond donors (Lipinski definition) is 1. The van der Waals surface area contributed by atoms with Crippen molar-refractivity contribution in [1.29, 1.82) is 10.5 Å². The minimum atomic E-state index is -0.550. The molecule has 0 aliphatic heterocycles. The molecule has 6 nitrogen and oxygen atoms in total. The van der Waals surface area contributed by atoms with E-state index in [-0.39, 0.29) is 11.6 Å². The van der Waals surface area contributed by atoms with Gasteiger partial charge in [0.25, 0.3) is 0 Å². The van der Waals surface area contributed by atoms with Gasteiger partial charge in [0.15, 0.2) is 0 Å². The highest BCUT2D eigenvalue weighted by Crippen LogP contribution is 2.25. The fraction of sp³-hybridized carbons (Fsp3) is 0.0526.